The van der Waals surface area contributed by atoms with Crippen LogP contribution in [-0.4, -0.2) is 52.2 Å². The molecule has 8 heteroatoms. The number of esters is 1. The quantitative estimate of drug-likeness (QED) is 0.835. The average molecular weight is 332 g/mol. The maximum Gasteiger partial charge on any atom is 0.407 e. The van der Waals surface area contributed by atoms with Gasteiger partial charge in [0.05, 0.1) is 18.9 Å². The van der Waals surface area contributed by atoms with Gasteiger partial charge in [-0.2, -0.15) is 5.26 Å². The van der Waals surface area contributed by atoms with E-state index in [4.69, 9.17) is 9.84 Å². The zero-order valence-electron chi connectivity index (χ0n) is 13.9. The number of aryl methyl sites for hydroxylation is 1. The van der Waals surface area contributed by atoms with Crippen molar-refractivity contribution in [3.05, 3.63) is 23.3 Å². The molecule has 2 heterocycles. The molecule has 0 radical (unpaired) electrons. The number of likely N-dealkylation sites (tertiary alicyclic amines) is 1. The third kappa shape index (κ3) is 3.15. The van der Waals surface area contributed by atoms with Crippen LogP contribution in [0.5, 0.6) is 0 Å². The van der Waals surface area contributed by atoms with E-state index in [0.717, 1.165) is 0 Å². The van der Waals surface area contributed by atoms with E-state index in [1.54, 1.807) is 6.92 Å². The molecule has 0 aliphatic carbocycles. The zero-order valence-corrected chi connectivity index (χ0v) is 13.9. The minimum Gasteiger partial charge on any atom is -0.468 e. The van der Waals surface area contributed by atoms with Gasteiger partial charge in [0.25, 0.3) is 0 Å². The van der Waals surface area contributed by atoms with Gasteiger partial charge < -0.3 is 14.7 Å². The number of methoxy groups -OCH3 is 1. The molecular weight excluding hydrogens is 312 g/mol. The summed E-state index contributed by atoms with van der Waals surface area (Å²) in [5, 5.41) is 18.6. The van der Waals surface area contributed by atoms with E-state index in [1.807, 2.05) is 6.07 Å². The minimum absolute atomic E-state index is 0.0327. The number of rotatable bonds is 3. The molecule has 2 rings (SSSR count). The number of carbonyl (C=O) groups is 2. The predicted molar refractivity (Wildman–Crippen MR) is 83.3 cm³/mol. The maximum absolute atomic E-state index is 12.1. The van der Waals surface area contributed by atoms with Gasteiger partial charge in [-0.3, -0.25) is 0 Å². The summed E-state index contributed by atoms with van der Waals surface area (Å²) in [5.74, 6) is -0.157. The number of nitriles is 1. The van der Waals surface area contributed by atoms with Crippen LogP contribution < -0.4 is 0 Å². The van der Waals surface area contributed by atoms with Crippen molar-refractivity contribution in [3.63, 3.8) is 0 Å². The monoisotopic (exact) mass is 332 g/mol. The summed E-state index contributed by atoms with van der Waals surface area (Å²) in [6.07, 6.45) is 1.72. The number of amides is 1. The summed E-state index contributed by atoms with van der Waals surface area (Å²) in [6.45, 7) is 4.01. The predicted octanol–water partition coefficient (Wildman–Crippen LogP) is 1.60. The van der Waals surface area contributed by atoms with E-state index < -0.39 is 17.5 Å². The number of carbonyl (C=O) groups excluding carboxylic acids is 1. The van der Waals surface area contributed by atoms with E-state index in [2.05, 4.69) is 9.97 Å². The highest BCUT2D eigenvalue weighted by Crippen LogP contribution is 2.35. The van der Waals surface area contributed by atoms with Crippen LogP contribution in [0.2, 0.25) is 0 Å². The molecule has 1 atom stereocenters. The smallest absolute Gasteiger partial charge is 0.407 e. The van der Waals surface area contributed by atoms with Crippen LogP contribution in [-0.2, 0) is 14.9 Å². The fourth-order valence-electron chi connectivity index (χ4n) is 2.95. The number of aromatic nitrogens is 2. The fraction of sp³-hybridized carbons (Fsp3) is 0.562. The third-order valence-corrected chi connectivity index (χ3v) is 4.45. The van der Waals surface area contributed by atoms with Gasteiger partial charge in [-0.25, -0.2) is 19.6 Å². The number of nitrogens with zero attached hydrogens (tertiary/aromatic N) is 4. The van der Waals surface area contributed by atoms with Crippen molar-refractivity contribution in [3.8, 4) is 6.07 Å². The van der Waals surface area contributed by atoms with Gasteiger partial charge in [-0.05, 0) is 26.7 Å². The van der Waals surface area contributed by atoms with E-state index >= 15 is 0 Å². The van der Waals surface area contributed by atoms with Crippen molar-refractivity contribution in [2.45, 2.75) is 38.0 Å². The normalized spacial score (nSPS) is 17.7. The van der Waals surface area contributed by atoms with Crippen LogP contribution in [0.15, 0.2) is 6.20 Å². The largest absolute Gasteiger partial charge is 0.468 e. The van der Waals surface area contributed by atoms with Crippen LogP contribution in [0.3, 0.4) is 0 Å². The Morgan fingerprint density at radius 3 is 2.58 bits per heavy atom. The first-order valence-electron chi connectivity index (χ1n) is 7.65. The second kappa shape index (κ2) is 6.83. The molecule has 1 aromatic rings. The van der Waals surface area contributed by atoms with Crippen molar-refractivity contribution < 1.29 is 19.4 Å². The lowest BCUT2D eigenvalue weighted by atomic mass is 9.79. The molecule has 1 amide bonds. The molecule has 1 fully saturated rings. The molecule has 1 aliphatic rings. The standard InChI is InChI=1S/C16H20N4O4/c1-10-18-8-12(16(2,9-17)14(21)24-3)13(19-10)11-4-6-20(7-5-11)15(22)23/h8,11H,4-7H2,1-3H3,(H,22,23). The first kappa shape index (κ1) is 17.7. The van der Waals surface area contributed by atoms with Crippen LogP contribution in [0.25, 0.3) is 0 Å². The number of hydrogen-bond donors (Lipinski definition) is 1. The lowest BCUT2D eigenvalue weighted by Crippen LogP contribution is -2.39. The highest BCUT2D eigenvalue weighted by Gasteiger charge is 2.41. The molecule has 128 valence electrons. The molecule has 0 saturated carbocycles. The van der Waals surface area contributed by atoms with Crippen LogP contribution in [0.4, 0.5) is 4.79 Å². The van der Waals surface area contributed by atoms with Gasteiger partial charge in [-0.1, -0.05) is 0 Å². The summed E-state index contributed by atoms with van der Waals surface area (Å²) in [4.78, 5) is 33.1. The first-order chi connectivity index (χ1) is 11.3. The van der Waals surface area contributed by atoms with Crippen molar-refractivity contribution >= 4 is 12.1 Å². The molecule has 1 unspecified atom stereocenters. The Bertz CT molecular complexity index is 692. The molecule has 1 N–H and O–H groups in total. The molecule has 1 aliphatic heterocycles. The summed E-state index contributed by atoms with van der Waals surface area (Å²) in [7, 11) is 1.23. The van der Waals surface area contributed by atoms with Crippen molar-refractivity contribution in [2.75, 3.05) is 20.2 Å². The van der Waals surface area contributed by atoms with Gasteiger partial charge in [-0.15, -0.1) is 0 Å². The maximum atomic E-state index is 12.1. The molecule has 0 bridgehead atoms. The van der Waals surface area contributed by atoms with Crippen LogP contribution in [0, 0.1) is 18.3 Å². The van der Waals surface area contributed by atoms with E-state index in [9.17, 15) is 14.9 Å². The summed E-state index contributed by atoms with van der Waals surface area (Å²) < 4.78 is 4.78. The minimum atomic E-state index is -1.50. The van der Waals surface area contributed by atoms with E-state index in [1.165, 1.54) is 25.1 Å². The highest BCUT2D eigenvalue weighted by atomic mass is 16.5. The van der Waals surface area contributed by atoms with Gasteiger partial charge in [0.15, 0.2) is 5.41 Å². The summed E-state index contributed by atoms with van der Waals surface area (Å²) >= 11 is 0. The van der Waals surface area contributed by atoms with Crippen molar-refractivity contribution in [1.82, 2.24) is 14.9 Å². The average Bonchev–Trinajstić information content (AvgIpc) is 2.60. The van der Waals surface area contributed by atoms with Crippen molar-refractivity contribution in [2.24, 2.45) is 0 Å². The number of ether oxygens (including phenoxy) is 1. The summed E-state index contributed by atoms with van der Waals surface area (Å²) in [6, 6.07) is 2.01. The molecule has 24 heavy (non-hydrogen) atoms. The fourth-order valence-corrected chi connectivity index (χ4v) is 2.95. The van der Waals surface area contributed by atoms with Gasteiger partial charge in [0.1, 0.15) is 5.82 Å². The lowest BCUT2D eigenvalue weighted by molar-refractivity contribution is -0.144. The Hall–Kier alpha value is -2.69. The molecular formula is C16H20N4O4. The van der Waals surface area contributed by atoms with E-state index in [0.29, 0.717) is 43.0 Å². The molecule has 1 aromatic heterocycles. The number of piperidine rings is 1. The molecule has 1 saturated heterocycles. The van der Waals surface area contributed by atoms with Crippen molar-refractivity contribution in [1.29, 1.82) is 5.26 Å². The van der Waals surface area contributed by atoms with Gasteiger partial charge >= 0.3 is 12.1 Å². The third-order valence-electron chi connectivity index (χ3n) is 4.45. The topological polar surface area (TPSA) is 116 Å². The van der Waals surface area contributed by atoms with Crippen LogP contribution in [0.1, 0.15) is 42.8 Å². The molecule has 0 aromatic carbocycles. The summed E-state index contributed by atoms with van der Waals surface area (Å²) in [5.41, 5.74) is -0.444. The zero-order chi connectivity index (χ0) is 17.9. The Balaban J connectivity index is 2.41. The lowest BCUT2D eigenvalue weighted by Gasteiger charge is -2.32. The van der Waals surface area contributed by atoms with Gasteiger partial charge in [0, 0.05) is 30.8 Å². The van der Waals surface area contributed by atoms with E-state index in [-0.39, 0.29) is 5.92 Å². The second-order valence-corrected chi connectivity index (χ2v) is 5.99. The Labute approximate surface area is 140 Å². The van der Waals surface area contributed by atoms with Gasteiger partial charge in [0.2, 0.25) is 0 Å². The van der Waals surface area contributed by atoms with Crippen LogP contribution >= 0.6 is 0 Å². The Morgan fingerprint density at radius 1 is 1.46 bits per heavy atom. The Morgan fingerprint density at radius 2 is 2.08 bits per heavy atom. The number of carboxylic acid groups (broad SMARTS) is 1. The molecule has 8 nitrogen and oxygen atoms in total. The SMILES string of the molecule is COC(=O)C(C)(C#N)c1cnc(C)nc1C1CCN(C(=O)O)CC1. The molecule has 0 spiro atoms. The Kier molecular flexibility index (Phi) is 5.02. The second-order valence-electron chi connectivity index (χ2n) is 5.99. The number of hydrogen-bond acceptors (Lipinski definition) is 6. The first-order valence-corrected chi connectivity index (χ1v) is 7.65. The highest BCUT2D eigenvalue weighted by molar-refractivity contribution is 5.86.